The van der Waals surface area contributed by atoms with Gasteiger partial charge in [-0.1, -0.05) is 6.07 Å². The van der Waals surface area contributed by atoms with Crippen LogP contribution in [0.25, 0.3) is 0 Å². The Balaban J connectivity index is 2.12. The first-order valence-corrected chi connectivity index (χ1v) is 5.88. The Morgan fingerprint density at radius 2 is 2.33 bits per heavy atom. The van der Waals surface area contributed by atoms with E-state index in [4.69, 9.17) is 9.84 Å². The molecule has 0 aromatic heterocycles. The highest BCUT2D eigenvalue weighted by Gasteiger charge is 2.32. The molecule has 18 heavy (non-hydrogen) atoms. The van der Waals surface area contributed by atoms with Crippen LogP contribution in [0.5, 0.6) is 0 Å². The minimum atomic E-state index is -0.979. The molecule has 0 radical (unpaired) electrons. The maximum absolute atomic E-state index is 11.1. The predicted octanol–water partition coefficient (Wildman–Crippen LogP) is 1.26. The van der Waals surface area contributed by atoms with Gasteiger partial charge >= 0.3 is 5.97 Å². The SMILES string of the molecule is Cc1ccc(C(=O)O)c(NCC2(O)CCOC2)c1. The Morgan fingerprint density at radius 1 is 1.56 bits per heavy atom. The number of rotatable bonds is 4. The fraction of sp³-hybridized carbons (Fsp3) is 0.462. The average molecular weight is 251 g/mol. The van der Waals surface area contributed by atoms with Gasteiger partial charge in [0.25, 0.3) is 0 Å². The van der Waals surface area contributed by atoms with E-state index in [2.05, 4.69) is 5.32 Å². The van der Waals surface area contributed by atoms with Crippen molar-refractivity contribution in [1.82, 2.24) is 0 Å². The predicted molar refractivity (Wildman–Crippen MR) is 67.0 cm³/mol. The lowest BCUT2D eigenvalue weighted by Crippen LogP contribution is -2.37. The molecule has 1 aliphatic heterocycles. The lowest BCUT2D eigenvalue weighted by Gasteiger charge is -2.22. The zero-order valence-corrected chi connectivity index (χ0v) is 10.3. The van der Waals surface area contributed by atoms with Crippen LogP contribution < -0.4 is 5.32 Å². The molecule has 0 saturated carbocycles. The van der Waals surface area contributed by atoms with Gasteiger partial charge < -0.3 is 20.3 Å². The number of aryl methyl sites for hydroxylation is 1. The highest BCUT2D eigenvalue weighted by Crippen LogP contribution is 2.22. The smallest absolute Gasteiger partial charge is 0.337 e. The highest BCUT2D eigenvalue weighted by atomic mass is 16.5. The van der Waals surface area contributed by atoms with E-state index in [1.54, 1.807) is 18.2 Å². The van der Waals surface area contributed by atoms with E-state index in [1.165, 1.54) is 0 Å². The fourth-order valence-corrected chi connectivity index (χ4v) is 1.99. The molecule has 1 aliphatic rings. The van der Waals surface area contributed by atoms with Gasteiger partial charge in [-0.3, -0.25) is 0 Å². The monoisotopic (exact) mass is 251 g/mol. The molecule has 0 aliphatic carbocycles. The summed E-state index contributed by atoms with van der Waals surface area (Å²) in [5.74, 6) is -0.979. The van der Waals surface area contributed by atoms with E-state index in [1.807, 2.05) is 6.92 Å². The number of aliphatic hydroxyl groups is 1. The number of benzene rings is 1. The minimum Gasteiger partial charge on any atom is -0.478 e. The van der Waals surface area contributed by atoms with Gasteiger partial charge in [0.05, 0.1) is 12.2 Å². The van der Waals surface area contributed by atoms with Gasteiger partial charge in [0, 0.05) is 25.3 Å². The van der Waals surface area contributed by atoms with Crippen molar-refractivity contribution < 1.29 is 19.7 Å². The lowest BCUT2D eigenvalue weighted by atomic mass is 10.0. The van der Waals surface area contributed by atoms with Crippen LogP contribution in [0.4, 0.5) is 5.69 Å². The number of ether oxygens (including phenoxy) is 1. The van der Waals surface area contributed by atoms with Crippen molar-refractivity contribution in [3.63, 3.8) is 0 Å². The van der Waals surface area contributed by atoms with E-state index in [9.17, 15) is 9.90 Å². The zero-order valence-electron chi connectivity index (χ0n) is 10.3. The van der Waals surface area contributed by atoms with Crippen LogP contribution in [0.1, 0.15) is 22.3 Å². The Labute approximate surface area is 105 Å². The summed E-state index contributed by atoms with van der Waals surface area (Å²) in [6.07, 6.45) is 0.564. The number of carboxylic acid groups (broad SMARTS) is 1. The van der Waals surface area contributed by atoms with E-state index in [-0.39, 0.29) is 18.7 Å². The fourth-order valence-electron chi connectivity index (χ4n) is 1.99. The van der Waals surface area contributed by atoms with Gasteiger partial charge in [0.2, 0.25) is 0 Å². The summed E-state index contributed by atoms with van der Waals surface area (Å²) in [6, 6.07) is 5.08. The topological polar surface area (TPSA) is 78.8 Å². The van der Waals surface area contributed by atoms with Crippen LogP contribution in [-0.4, -0.2) is 41.5 Å². The van der Waals surface area contributed by atoms with Crippen LogP contribution in [0, 0.1) is 6.92 Å². The third-order valence-corrected chi connectivity index (χ3v) is 3.10. The Morgan fingerprint density at radius 3 is 2.94 bits per heavy atom. The third kappa shape index (κ3) is 2.80. The van der Waals surface area contributed by atoms with Crippen molar-refractivity contribution in [1.29, 1.82) is 0 Å². The largest absolute Gasteiger partial charge is 0.478 e. The second kappa shape index (κ2) is 4.96. The first-order valence-electron chi connectivity index (χ1n) is 5.88. The maximum atomic E-state index is 11.1. The zero-order chi connectivity index (χ0) is 13.2. The summed E-state index contributed by atoms with van der Waals surface area (Å²) in [4.78, 5) is 11.1. The number of nitrogens with one attached hydrogen (secondary N) is 1. The van der Waals surface area contributed by atoms with Crippen LogP contribution in [0.3, 0.4) is 0 Å². The van der Waals surface area contributed by atoms with Crippen molar-refractivity contribution in [2.45, 2.75) is 18.9 Å². The van der Waals surface area contributed by atoms with Crippen LogP contribution >= 0.6 is 0 Å². The Kier molecular flexibility index (Phi) is 3.54. The summed E-state index contributed by atoms with van der Waals surface area (Å²) in [7, 11) is 0. The molecule has 1 aromatic carbocycles. The number of hydrogen-bond donors (Lipinski definition) is 3. The molecule has 0 spiro atoms. The maximum Gasteiger partial charge on any atom is 0.337 e. The molecule has 5 nitrogen and oxygen atoms in total. The molecule has 5 heteroatoms. The normalized spacial score (nSPS) is 23.0. The number of hydrogen-bond acceptors (Lipinski definition) is 4. The number of carboxylic acids is 1. The molecule has 0 bridgehead atoms. The van der Waals surface area contributed by atoms with Gasteiger partial charge in [-0.2, -0.15) is 0 Å². The molecular formula is C13H17NO4. The van der Waals surface area contributed by atoms with Gasteiger partial charge in [-0.25, -0.2) is 4.79 Å². The molecular weight excluding hydrogens is 234 g/mol. The molecule has 1 fully saturated rings. The molecule has 1 atom stereocenters. The summed E-state index contributed by atoms with van der Waals surface area (Å²) < 4.78 is 5.14. The number of carbonyl (C=O) groups is 1. The molecule has 1 aromatic rings. The van der Waals surface area contributed by atoms with Crippen molar-refractivity contribution in [2.24, 2.45) is 0 Å². The molecule has 0 amide bonds. The van der Waals surface area contributed by atoms with Crippen molar-refractivity contribution in [2.75, 3.05) is 25.1 Å². The standard InChI is InChI=1S/C13H17NO4/c1-9-2-3-10(12(15)16)11(6-9)14-7-13(17)4-5-18-8-13/h2-3,6,14,17H,4-5,7-8H2,1H3,(H,15,16). The van der Waals surface area contributed by atoms with Crippen LogP contribution in [0.2, 0.25) is 0 Å². The molecule has 98 valence electrons. The second-order valence-corrected chi connectivity index (χ2v) is 4.73. The van der Waals surface area contributed by atoms with E-state index in [0.717, 1.165) is 5.56 Å². The first-order chi connectivity index (χ1) is 8.50. The summed E-state index contributed by atoms with van der Waals surface area (Å²) in [5.41, 5.74) is 0.808. The van der Waals surface area contributed by atoms with Crippen LogP contribution in [0.15, 0.2) is 18.2 Å². The van der Waals surface area contributed by atoms with Crippen molar-refractivity contribution in [3.8, 4) is 0 Å². The molecule has 1 unspecified atom stereocenters. The Bertz CT molecular complexity index is 452. The van der Waals surface area contributed by atoms with Gasteiger partial charge in [0.15, 0.2) is 0 Å². The molecule has 2 rings (SSSR count). The third-order valence-electron chi connectivity index (χ3n) is 3.10. The van der Waals surface area contributed by atoms with Gasteiger partial charge in [-0.05, 0) is 24.6 Å². The minimum absolute atomic E-state index is 0.211. The average Bonchev–Trinajstić information content (AvgIpc) is 2.74. The summed E-state index contributed by atoms with van der Waals surface area (Å²) in [6.45, 7) is 3.01. The van der Waals surface area contributed by atoms with E-state index in [0.29, 0.717) is 18.7 Å². The molecule has 3 N–H and O–H groups in total. The first kappa shape index (κ1) is 12.9. The summed E-state index contributed by atoms with van der Waals surface area (Å²) in [5, 5.41) is 22.2. The number of aromatic carboxylic acids is 1. The van der Waals surface area contributed by atoms with Crippen LogP contribution in [-0.2, 0) is 4.74 Å². The van der Waals surface area contributed by atoms with E-state index >= 15 is 0 Å². The Hall–Kier alpha value is -1.59. The second-order valence-electron chi connectivity index (χ2n) is 4.73. The lowest BCUT2D eigenvalue weighted by molar-refractivity contribution is 0.0381. The molecule has 1 saturated heterocycles. The number of anilines is 1. The van der Waals surface area contributed by atoms with Gasteiger partial charge in [0.1, 0.15) is 5.60 Å². The van der Waals surface area contributed by atoms with E-state index < -0.39 is 11.6 Å². The quantitative estimate of drug-likeness (QED) is 0.750. The van der Waals surface area contributed by atoms with Crippen molar-refractivity contribution >= 4 is 11.7 Å². The molecule has 1 heterocycles. The van der Waals surface area contributed by atoms with Crippen molar-refractivity contribution in [3.05, 3.63) is 29.3 Å². The van der Waals surface area contributed by atoms with Gasteiger partial charge in [-0.15, -0.1) is 0 Å². The summed E-state index contributed by atoms with van der Waals surface area (Å²) >= 11 is 0. The highest BCUT2D eigenvalue weighted by molar-refractivity contribution is 5.94.